The van der Waals surface area contributed by atoms with Gasteiger partial charge in [-0.2, -0.15) is 0 Å². The highest BCUT2D eigenvalue weighted by Crippen LogP contribution is 2.23. The summed E-state index contributed by atoms with van der Waals surface area (Å²) >= 11 is 7.21. The van der Waals surface area contributed by atoms with Crippen molar-refractivity contribution in [3.63, 3.8) is 0 Å². The van der Waals surface area contributed by atoms with Gasteiger partial charge in [-0.25, -0.2) is 9.78 Å². The quantitative estimate of drug-likeness (QED) is 0.766. The molecule has 1 heterocycles. The molecule has 0 unspecified atom stereocenters. The Hall–Kier alpha value is -1.92. The van der Waals surface area contributed by atoms with Crippen molar-refractivity contribution < 1.29 is 14.3 Å². The number of nitrogens with zero attached hydrogens (tertiary/aromatic N) is 2. The van der Waals surface area contributed by atoms with Crippen LogP contribution >= 0.6 is 22.9 Å². The van der Waals surface area contributed by atoms with E-state index in [0.717, 1.165) is 0 Å². The first kappa shape index (κ1) is 18.4. The monoisotopic (exact) mass is 366 g/mol. The number of methoxy groups -OCH3 is 1. The van der Waals surface area contributed by atoms with Crippen molar-refractivity contribution >= 4 is 34.8 Å². The zero-order valence-electron chi connectivity index (χ0n) is 14.0. The molecule has 1 aromatic carbocycles. The number of thiazole rings is 1. The lowest BCUT2D eigenvalue weighted by Crippen LogP contribution is -2.45. The number of ether oxygens (including phenoxy) is 1. The van der Waals surface area contributed by atoms with Gasteiger partial charge in [0, 0.05) is 21.5 Å². The summed E-state index contributed by atoms with van der Waals surface area (Å²) in [6.07, 6.45) is 0. The first-order chi connectivity index (χ1) is 11.2. The summed E-state index contributed by atoms with van der Waals surface area (Å²) in [6.45, 7) is 6.17. The third-order valence-electron chi connectivity index (χ3n) is 3.39. The summed E-state index contributed by atoms with van der Waals surface area (Å²) < 4.78 is 4.66. The highest BCUT2D eigenvalue weighted by Gasteiger charge is 2.28. The van der Waals surface area contributed by atoms with E-state index in [1.807, 2.05) is 20.8 Å². The highest BCUT2D eigenvalue weighted by atomic mass is 35.5. The lowest BCUT2D eigenvalue weighted by atomic mass is 10.0. The topological polar surface area (TPSA) is 59.5 Å². The van der Waals surface area contributed by atoms with Gasteiger partial charge in [-0.3, -0.25) is 4.79 Å². The molecule has 2 aromatic rings. The van der Waals surface area contributed by atoms with Gasteiger partial charge in [-0.1, -0.05) is 11.6 Å². The van der Waals surface area contributed by atoms with Gasteiger partial charge in [0.1, 0.15) is 5.01 Å². The molecule has 1 amide bonds. The molecule has 1 aromatic heterocycles. The van der Waals surface area contributed by atoms with Crippen molar-refractivity contribution in [2.75, 3.05) is 7.11 Å². The summed E-state index contributed by atoms with van der Waals surface area (Å²) in [5.41, 5.74) is 0.401. The molecule has 0 aliphatic heterocycles. The van der Waals surface area contributed by atoms with Crippen LogP contribution in [0.2, 0.25) is 5.02 Å². The fourth-order valence-electron chi connectivity index (χ4n) is 2.08. The molecule has 0 aliphatic rings. The Morgan fingerprint density at radius 2 is 1.88 bits per heavy atom. The van der Waals surface area contributed by atoms with Crippen LogP contribution in [0.4, 0.5) is 0 Å². The number of benzene rings is 1. The molecule has 0 atom stereocenters. The molecule has 0 saturated heterocycles. The molecule has 0 spiro atoms. The Labute approximate surface area is 150 Å². The number of carbonyl (C=O) groups excluding carboxylic acids is 2. The van der Waals surface area contributed by atoms with Crippen LogP contribution in [0.25, 0.3) is 0 Å². The largest absolute Gasteiger partial charge is 0.464 e. The van der Waals surface area contributed by atoms with Gasteiger partial charge >= 0.3 is 5.97 Å². The molecular weight excluding hydrogens is 348 g/mol. The van der Waals surface area contributed by atoms with Gasteiger partial charge < -0.3 is 9.64 Å². The number of hydrogen-bond acceptors (Lipinski definition) is 5. The normalized spacial score (nSPS) is 11.2. The van der Waals surface area contributed by atoms with E-state index in [1.54, 1.807) is 34.5 Å². The van der Waals surface area contributed by atoms with Gasteiger partial charge in [-0.15, -0.1) is 11.3 Å². The Morgan fingerprint density at radius 1 is 1.25 bits per heavy atom. The number of amides is 1. The number of carbonyl (C=O) groups is 2. The molecule has 0 saturated carbocycles. The second kappa shape index (κ2) is 7.32. The van der Waals surface area contributed by atoms with Crippen molar-refractivity contribution in [1.82, 2.24) is 9.88 Å². The molecule has 24 heavy (non-hydrogen) atoms. The molecule has 0 radical (unpaired) electrons. The van der Waals surface area contributed by atoms with Gasteiger partial charge in [0.2, 0.25) is 0 Å². The Balaban J connectivity index is 2.26. The SMILES string of the molecule is COC(=O)c1csc(CN(C(=O)c2ccc(Cl)cc2)C(C)(C)C)n1. The second-order valence-corrected chi connectivity index (χ2v) is 7.57. The maximum atomic E-state index is 12.9. The van der Waals surface area contributed by atoms with Crippen LogP contribution in [0.15, 0.2) is 29.6 Å². The Bertz CT molecular complexity index is 735. The lowest BCUT2D eigenvalue weighted by Gasteiger charge is -2.35. The average Bonchev–Trinajstić information content (AvgIpc) is 2.99. The van der Waals surface area contributed by atoms with E-state index < -0.39 is 11.5 Å². The minimum Gasteiger partial charge on any atom is -0.464 e. The third-order valence-corrected chi connectivity index (χ3v) is 4.47. The molecule has 128 valence electrons. The summed E-state index contributed by atoms with van der Waals surface area (Å²) in [5, 5.41) is 2.89. The van der Waals surface area contributed by atoms with E-state index in [2.05, 4.69) is 9.72 Å². The van der Waals surface area contributed by atoms with Crippen LogP contribution in [0.5, 0.6) is 0 Å². The van der Waals surface area contributed by atoms with E-state index in [0.29, 0.717) is 22.1 Å². The van der Waals surface area contributed by atoms with Crippen LogP contribution in [-0.4, -0.2) is 34.4 Å². The standard InChI is InChI=1S/C17H19ClN2O3S/c1-17(2,3)20(15(21)11-5-7-12(18)8-6-11)9-14-19-13(10-24-14)16(22)23-4/h5-8,10H,9H2,1-4H3. The van der Waals surface area contributed by atoms with Gasteiger partial charge in [-0.05, 0) is 45.0 Å². The molecular formula is C17H19ClN2O3S. The summed E-state index contributed by atoms with van der Waals surface area (Å²) in [4.78, 5) is 30.4. The first-order valence-corrected chi connectivity index (χ1v) is 8.58. The Kier molecular flexibility index (Phi) is 5.62. The van der Waals surface area contributed by atoms with Gasteiger partial charge in [0.05, 0.1) is 13.7 Å². The average molecular weight is 367 g/mol. The summed E-state index contributed by atoms with van der Waals surface area (Å²) in [6, 6.07) is 6.78. The summed E-state index contributed by atoms with van der Waals surface area (Å²) in [5.74, 6) is -0.599. The van der Waals surface area contributed by atoms with Crippen LogP contribution in [-0.2, 0) is 11.3 Å². The van der Waals surface area contributed by atoms with Crippen LogP contribution in [0.1, 0.15) is 46.6 Å². The number of hydrogen-bond donors (Lipinski definition) is 0. The molecule has 0 fully saturated rings. The third kappa shape index (κ3) is 4.33. The molecule has 0 N–H and O–H groups in total. The minimum absolute atomic E-state index is 0.117. The minimum atomic E-state index is -0.483. The fourth-order valence-corrected chi connectivity index (χ4v) is 2.96. The molecule has 0 aliphatic carbocycles. The number of rotatable bonds is 4. The van der Waals surface area contributed by atoms with Crippen LogP contribution in [0, 0.1) is 0 Å². The second-order valence-electron chi connectivity index (χ2n) is 6.19. The van der Waals surface area contributed by atoms with E-state index in [9.17, 15) is 9.59 Å². The number of aromatic nitrogens is 1. The lowest BCUT2D eigenvalue weighted by molar-refractivity contribution is 0.0558. The van der Waals surface area contributed by atoms with E-state index in [-0.39, 0.29) is 11.6 Å². The predicted octanol–water partition coefficient (Wildman–Crippen LogP) is 4.02. The molecule has 7 heteroatoms. The zero-order valence-corrected chi connectivity index (χ0v) is 15.6. The van der Waals surface area contributed by atoms with E-state index >= 15 is 0 Å². The molecule has 0 bridgehead atoms. The summed E-state index contributed by atoms with van der Waals surface area (Å²) in [7, 11) is 1.31. The van der Waals surface area contributed by atoms with Crippen molar-refractivity contribution in [2.24, 2.45) is 0 Å². The van der Waals surface area contributed by atoms with Crippen LogP contribution < -0.4 is 0 Å². The number of esters is 1. The molecule has 5 nitrogen and oxygen atoms in total. The van der Waals surface area contributed by atoms with Crippen molar-refractivity contribution in [3.05, 3.63) is 50.9 Å². The van der Waals surface area contributed by atoms with E-state index in [4.69, 9.17) is 11.6 Å². The van der Waals surface area contributed by atoms with Crippen molar-refractivity contribution in [3.8, 4) is 0 Å². The number of halogens is 1. The zero-order chi connectivity index (χ0) is 17.9. The van der Waals surface area contributed by atoms with E-state index in [1.165, 1.54) is 18.4 Å². The first-order valence-electron chi connectivity index (χ1n) is 7.32. The maximum absolute atomic E-state index is 12.9. The van der Waals surface area contributed by atoms with Gasteiger partial charge in [0.25, 0.3) is 5.91 Å². The smallest absolute Gasteiger partial charge is 0.357 e. The van der Waals surface area contributed by atoms with Crippen LogP contribution in [0.3, 0.4) is 0 Å². The maximum Gasteiger partial charge on any atom is 0.357 e. The highest BCUT2D eigenvalue weighted by molar-refractivity contribution is 7.09. The predicted molar refractivity (Wildman–Crippen MR) is 94.5 cm³/mol. The molecule has 2 rings (SSSR count). The van der Waals surface area contributed by atoms with Crippen molar-refractivity contribution in [1.29, 1.82) is 0 Å². The fraction of sp³-hybridized carbons (Fsp3) is 0.353. The van der Waals surface area contributed by atoms with Gasteiger partial charge in [0.15, 0.2) is 5.69 Å². The van der Waals surface area contributed by atoms with Crippen molar-refractivity contribution in [2.45, 2.75) is 32.9 Å². The Morgan fingerprint density at radius 3 is 2.42 bits per heavy atom.